The van der Waals surface area contributed by atoms with Crippen molar-refractivity contribution in [1.29, 1.82) is 0 Å². The third-order valence-corrected chi connectivity index (χ3v) is 4.60. The molecule has 0 bridgehead atoms. The molecular formula is C16H21NO3S. The molecule has 0 N–H and O–H groups in total. The lowest BCUT2D eigenvalue weighted by Gasteiger charge is -2.27. The highest BCUT2D eigenvalue weighted by Gasteiger charge is 2.43. The Kier molecular flexibility index (Phi) is 5.42. The van der Waals surface area contributed by atoms with E-state index < -0.39 is 6.23 Å². The maximum atomic E-state index is 12.0. The molecule has 0 radical (unpaired) electrons. The van der Waals surface area contributed by atoms with Gasteiger partial charge in [0, 0.05) is 19.1 Å². The summed E-state index contributed by atoms with van der Waals surface area (Å²) in [6.07, 6.45) is -0.125. The fourth-order valence-electron chi connectivity index (χ4n) is 2.38. The number of imide groups is 1. The molecule has 21 heavy (non-hydrogen) atoms. The van der Waals surface area contributed by atoms with E-state index >= 15 is 0 Å². The van der Waals surface area contributed by atoms with E-state index in [1.54, 1.807) is 11.8 Å². The number of carbonyl (C=O) groups excluding carboxylic acids is 2. The summed E-state index contributed by atoms with van der Waals surface area (Å²) in [5.41, 5.74) is 1.21. The van der Waals surface area contributed by atoms with E-state index in [9.17, 15) is 9.59 Å². The SMILES string of the molecule is CC(=O)N1C(=O)C[C@H](SCc2ccccc2)[C@H]1OC(C)C. The van der Waals surface area contributed by atoms with Gasteiger partial charge < -0.3 is 4.74 Å². The van der Waals surface area contributed by atoms with Crippen molar-refractivity contribution in [2.75, 3.05) is 0 Å². The zero-order valence-electron chi connectivity index (χ0n) is 12.6. The van der Waals surface area contributed by atoms with E-state index in [0.717, 1.165) is 5.75 Å². The number of ether oxygens (including phenoxy) is 1. The zero-order chi connectivity index (χ0) is 15.4. The average Bonchev–Trinajstić information content (AvgIpc) is 2.73. The molecule has 114 valence electrons. The minimum absolute atomic E-state index is 0.0102. The first-order chi connectivity index (χ1) is 9.99. The number of thioether (sulfide) groups is 1. The van der Waals surface area contributed by atoms with Crippen LogP contribution in [0.1, 0.15) is 32.8 Å². The van der Waals surface area contributed by atoms with Gasteiger partial charge in [-0.1, -0.05) is 30.3 Å². The lowest BCUT2D eigenvalue weighted by atomic mass is 10.2. The normalized spacial score (nSPS) is 22.1. The highest BCUT2D eigenvalue weighted by molar-refractivity contribution is 7.99. The van der Waals surface area contributed by atoms with E-state index in [0.29, 0.717) is 6.42 Å². The van der Waals surface area contributed by atoms with Crippen LogP contribution < -0.4 is 0 Å². The van der Waals surface area contributed by atoms with Crippen LogP contribution in [-0.2, 0) is 20.1 Å². The molecule has 1 aromatic rings. The number of rotatable bonds is 5. The van der Waals surface area contributed by atoms with Crippen LogP contribution in [0.4, 0.5) is 0 Å². The molecule has 1 fully saturated rings. The minimum Gasteiger partial charge on any atom is -0.354 e. The number of carbonyl (C=O) groups is 2. The summed E-state index contributed by atoms with van der Waals surface area (Å²) < 4.78 is 5.82. The number of amides is 2. The molecule has 0 aliphatic carbocycles. The molecular weight excluding hydrogens is 286 g/mol. The van der Waals surface area contributed by atoms with E-state index in [2.05, 4.69) is 12.1 Å². The summed E-state index contributed by atoms with van der Waals surface area (Å²) in [6, 6.07) is 10.1. The lowest BCUT2D eigenvalue weighted by molar-refractivity contribution is -0.154. The van der Waals surface area contributed by atoms with Gasteiger partial charge >= 0.3 is 0 Å². The number of benzene rings is 1. The van der Waals surface area contributed by atoms with E-state index in [1.165, 1.54) is 17.4 Å². The Morgan fingerprint density at radius 2 is 2.05 bits per heavy atom. The van der Waals surface area contributed by atoms with Gasteiger partial charge in [-0.25, -0.2) is 0 Å². The van der Waals surface area contributed by atoms with Gasteiger partial charge in [0.15, 0.2) is 6.23 Å². The Bertz CT molecular complexity index is 504. The van der Waals surface area contributed by atoms with Gasteiger partial charge in [-0.15, -0.1) is 11.8 Å². The van der Waals surface area contributed by atoms with Gasteiger partial charge in [-0.3, -0.25) is 14.5 Å². The van der Waals surface area contributed by atoms with Crippen LogP contribution in [0.25, 0.3) is 0 Å². The number of nitrogens with zero attached hydrogens (tertiary/aromatic N) is 1. The summed E-state index contributed by atoms with van der Waals surface area (Å²) in [6.45, 7) is 5.25. The fraction of sp³-hybridized carbons (Fsp3) is 0.500. The zero-order valence-corrected chi connectivity index (χ0v) is 13.4. The van der Waals surface area contributed by atoms with Gasteiger partial charge in [-0.05, 0) is 19.4 Å². The van der Waals surface area contributed by atoms with Crippen molar-refractivity contribution in [2.45, 2.75) is 50.5 Å². The van der Waals surface area contributed by atoms with Crippen molar-refractivity contribution in [3.63, 3.8) is 0 Å². The summed E-state index contributed by atoms with van der Waals surface area (Å²) in [4.78, 5) is 25.0. The Morgan fingerprint density at radius 1 is 1.38 bits per heavy atom. The highest BCUT2D eigenvalue weighted by Crippen LogP contribution is 2.33. The molecule has 2 amide bonds. The van der Waals surface area contributed by atoms with Crippen molar-refractivity contribution >= 4 is 23.6 Å². The maximum absolute atomic E-state index is 12.0. The monoisotopic (exact) mass is 307 g/mol. The second-order valence-corrected chi connectivity index (χ2v) is 6.62. The van der Waals surface area contributed by atoms with Crippen LogP contribution in [-0.4, -0.2) is 34.3 Å². The summed E-state index contributed by atoms with van der Waals surface area (Å²) in [5.74, 6) is 0.426. The molecule has 1 heterocycles. The van der Waals surface area contributed by atoms with Crippen molar-refractivity contribution in [3.8, 4) is 0 Å². The first-order valence-electron chi connectivity index (χ1n) is 7.12. The molecule has 2 atom stereocenters. The predicted octanol–water partition coefficient (Wildman–Crippen LogP) is 2.82. The van der Waals surface area contributed by atoms with E-state index in [1.807, 2.05) is 32.0 Å². The van der Waals surface area contributed by atoms with Crippen LogP contribution in [0, 0.1) is 0 Å². The third kappa shape index (κ3) is 4.08. The number of hydrogen-bond donors (Lipinski definition) is 0. The smallest absolute Gasteiger partial charge is 0.232 e. The second kappa shape index (κ2) is 7.09. The fourth-order valence-corrected chi connectivity index (χ4v) is 3.59. The van der Waals surface area contributed by atoms with Crippen molar-refractivity contribution in [2.24, 2.45) is 0 Å². The van der Waals surface area contributed by atoms with Gasteiger partial charge in [0.2, 0.25) is 11.8 Å². The Balaban J connectivity index is 2.06. The second-order valence-electron chi connectivity index (χ2n) is 5.40. The van der Waals surface area contributed by atoms with Crippen molar-refractivity contribution in [3.05, 3.63) is 35.9 Å². The maximum Gasteiger partial charge on any atom is 0.232 e. The number of hydrogen-bond acceptors (Lipinski definition) is 4. The van der Waals surface area contributed by atoms with E-state index in [-0.39, 0.29) is 23.2 Å². The molecule has 1 saturated heterocycles. The molecule has 0 saturated carbocycles. The molecule has 5 heteroatoms. The van der Waals surface area contributed by atoms with E-state index in [4.69, 9.17) is 4.74 Å². The van der Waals surface area contributed by atoms with Crippen molar-refractivity contribution in [1.82, 2.24) is 4.90 Å². The Morgan fingerprint density at radius 3 is 2.62 bits per heavy atom. The standard InChI is InChI=1S/C16H21NO3S/c1-11(2)20-16-14(9-15(19)17(16)12(3)18)21-10-13-7-5-4-6-8-13/h4-8,11,14,16H,9-10H2,1-3H3/t14-,16+/m0/s1. The molecule has 0 spiro atoms. The minimum atomic E-state index is -0.455. The first kappa shape index (κ1) is 16.0. The molecule has 2 rings (SSSR count). The third-order valence-electron chi connectivity index (χ3n) is 3.27. The van der Waals surface area contributed by atoms with Crippen LogP contribution in [0.3, 0.4) is 0 Å². The molecule has 4 nitrogen and oxygen atoms in total. The van der Waals surface area contributed by atoms with Crippen LogP contribution >= 0.6 is 11.8 Å². The Hall–Kier alpha value is -1.33. The summed E-state index contributed by atoms with van der Waals surface area (Å²) in [5, 5.41) is -0.0102. The summed E-state index contributed by atoms with van der Waals surface area (Å²) >= 11 is 1.67. The summed E-state index contributed by atoms with van der Waals surface area (Å²) in [7, 11) is 0. The molecule has 1 aliphatic rings. The quantitative estimate of drug-likeness (QED) is 0.839. The molecule has 0 aromatic heterocycles. The topological polar surface area (TPSA) is 46.6 Å². The lowest BCUT2D eigenvalue weighted by Crippen LogP contribution is -2.42. The van der Waals surface area contributed by atoms with Gasteiger partial charge in [-0.2, -0.15) is 0 Å². The average molecular weight is 307 g/mol. The van der Waals surface area contributed by atoms with Gasteiger partial charge in [0.25, 0.3) is 0 Å². The molecule has 1 aromatic carbocycles. The molecule has 1 aliphatic heterocycles. The predicted molar refractivity (Wildman–Crippen MR) is 83.7 cm³/mol. The largest absolute Gasteiger partial charge is 0.354 e. The molecule has 0 unspecified atom stereocenters. The highest BCUT2D eigenvalue weighted by atomic mass is 32.2. The Labute approximate surface area is 129 Å². The van der Waals surface area contributed by atoms with Crippen LogP contribution in [0.2, 0.25) is 0 Å². The first-order valence-corrected chi connectivity index (χ1v) is 8.17. The van der Waals surface area contributed by atoms with Crippen LogP contribution in [0.5, 0.6) is 0 Å². The van der Waals surface area contributed by atoms with Crippen LogP contribution in [0.15, 0.2) is 30.3 Å². The number of likely N-dealkylation sites (tertiary alicyclic amines) is 1. The van der Waals surface area contributed by atoms with Crippen molar-refractivity contribution < 1.29 is 14.3 Å². The van der Waals surface area contributed by atoms with Gasteiger partial charge in [0.1, 0.15) is 0 Å². The van der Waals surface area contributed by atoms with Gasteiger partial charge in [0.05, 0.1) is 11.4 Å².